The van der Waals surface area contributed by atoms with Crippen molar-refractivity contribution >= 4 is 68.3 Å². The summed E-state index contributed by atoms with van der Waals surface area (Å²) < 4.78 is 20.9. The van der Waals surface area contributed by atoms with Gasteiger partial charge >= 0.3 is 5.97 Å². The summed E-state index contributed by atoms with van der Waals surface area (Å²) in [6, 6.07) is 24.6. The zero-order valence-electron chi connectivity index (χ0n) is 26.3. The van der Waals surface area contributed by atoms with Crippen LogP contribution in [0.25, 0.3) is 16.8 Å². The molecule has 240 valence electrons. The van der Waals surface area contributed by atoms with E-state index in [1.54, 1.807) is 30.6 Å². The van der Waals surface area contributed by atoms with Crippen LogP contribution in [0.1, 0.15) is 50.4 Å². The molecule has 0 aliphatic carbocycles. The first kappa shape index (κ1) is 33.0. The Morgan fingerprint density at radius 2 is 1.83 bits per heavy atom. The second-order valence-electron chi connectivity index (χ2n) is 11.2. The molecule has 1 aliphatic heterocycles. The lowest BCUT2D eigenvalue weighted by Crippen LogP contribution is -2.40. The Balaban J connectivity index is 1.49. The molecule has 1 aliphatic rings. The Morgan fingerprint density at radius 1 is 1.09 bits per heavy atom. The molecule has 0 radical (unpaired) electrons. The maximum Gasteiger partial charge on any atom is 0.338 e. The van der Waals surface area contributed by atoms with E-state index in [1.165, 1.54) is 11.3 Å². The Kier molecular flexibility index (Phi) is 9.86. The topological polar surface area (TPSA) is 79.1 Å². The molecule has 6 rings (SSSR count). The Bertz CT molecular complexity index is 2220. The highest BCUT2D eigenvalue weighted by Crippen LogP contribution is 2.36. The number of halogens is 2. The van der Waals surface area contributed by atoms with Crippen molar-refractivity contribution in [2.75, 3.05) is 6.61 Å². The minimum Gasteiger partial charge on any atom is -0.491 e. The lowest BCUT2D eigenvalue weighted by atomic mass is 9.95. The summed E-state index contributed by atoms with van der Waals surface area (Å²) in [6.07, 6.45) is 1.66. The fraction of sp³-hybridized carbons (Fsp3) is 0.216. The molecule has 1 aromatic heterocycles. The van der Waals surface area contributed by atoms with E-state index >= 15 is 0 Å². The molecule has 4 aromatic carbocycles. The van der Waals surface area contributed by atoms with Crippen LogP contribution >= 0.6 is 45.5 Å². The van der Waals surface area contributed by atoms with E-state index in [0.717, 1.165) is 19.9 Å². The molecule has 0 N–H and O–H groups in total. The summed E-state index contributed by atoms with van der Waals surface area (Å²) in [5.41, 5.74) is 2.85. The number of ether oxygens (including phenoxy) is 3. The lowest BCUT2D eigenvalue weighted by Gasteiger charge is -2.26. The molecule has 0 bridgehead atoms. The standard InChI is InChI=1S/C37H32ClIN2O5S/c1-5-44-36(43)32-22(4)40-37-41(33(32)28-15-8-9-16-30(28)46-21(2)3)35(42)31(47-37)18-25-17-26(38)19-29(39)34(25)45-20-24-13-10-12-23-11-6-7-14-27(23)24/h6-19,21,33H,5,20H2,1-4H3/b31-18-/t33-/m0/s1. The minimum atomic E-state index is -0.802. The molecule has 0 fully saturated rings. The average Bonchev–Trinajstić information content (AvgIpc) is 3.33. The third-order valence-electron chi connectivity index (χ3n) is 7.67. The van der Waals surface area contributed by atoms with Gasteiger partial charge in [-0.1, -0.05) is 83.6 Å². The van der Waals surface area contributed by atoms with Gasteiger partial charge in [-0.05, 0) is 90.9 Å². The van der Waals surface area contributed by atoms with E-state index in [1.807, 2.05) is 68.4 Å². The molecule has 5 aromatic rings. The van der Waals surface area contributed by atoms with Crippen molar-refractivity contribution in [2.45, 2.75) is 46.4 Å². The van der Waals surface area contributed by atoms with Gasteiger partial charge in [0.1, 0.15) is 24.1 Å². The van der Waals surface area contributed by atoms with Crippen molar-refractivity contribution in [3.05, 3.63) is 135 Å². The molecule has 0 unspecified atom stereocenters. The van der Waals surface area contributed by atoms with Gasteiger partial charge in [0.15, 0.2) is 4.80 Å². The Hall–Kier alpha value is -3.93. The molecule has 7 nitrogen and oxygen atoms in total. The normalized spacial score (nSPS) is 14.7. The molecule has 0 saturated carbocycles. The van der Waals surface area contributed by atoms with Crippen molar-refractivity contribution in [3.63, 3.8) is 0 Å². The zero-order valence-corrected chi connectivity index (χ0v) is 30.0. The summed E-state index contributed by atoms with van der Waals surface area (Å²) in [5.74, 6) is 0.664. The maximum absolute atomic E-state index is 14.4. The average molecular weight is 779 g/mol. The van der Waals surface area contributed by atoms with Gasteiger partial charge in [0, 0.05) is 16.1 Å². The Labute approximate surface area is 294 Å². The first-order chi connectivity index (χ1) is 22.7. The van der Waals surface area contributed by atoms with Crippen molar-refractivity contribution in [1.29, 1.82) is 0 Å². The number of nitrogens with zero attached hydrogens (tertiary/aromatic N) is 2. The second kappa shape index (κ2) is 14.0. The third-order valence-corrected chi connectivity index (χ3v) is 9.67. The number of allylic oxidation sites excluding steroid dienone is 1. The summed E-state index contributed by atoms with van der Waals surface area (Å²) in [4.78, 5) is 33.0. The number of hydrogen-bond donors (Lipinski definition) is 0. The van der Waals surface area contributed by atoms with E-state index in [-0.39, 0.29) is 18.3 Å². The molecular formula is C37H32ClIN2O5S. The van der Waals surface area contributed by atoms with Gasteiger partial charge in [0.05, 0.1) is 32.1 Å². The fourth-order valence-corrected chi connectivity index (χ4v) is 7.95. The maximum atomic E-state index is 14.4. The fourth-order valence-electron chi connectivity index (χ4n) is 5.70. The van der Waals surface area contributed by atoms with Crippen molar-refractivity contribution < 1.29 is 19.0 Å². The highest BCUT2D eigenvalue weighted by molar-refractivity contribution is 14.1. The number of thiazole rings is 1. The Morgan fingerprint density at radius 3 is 2.62 bits per heavy atom. The molecule has 0 saturated heterocycles. The number of carbonyl (C=O) groups excluding carboxylic acids is 1. The van der Waals surface area contributed by atoms with Gasteiger partial charge in [0.2, 0.25) is 0 Å². The van der Waals surface area contributed by atoms with E-state index in [4.69, 9.17) is 30.8 Å². The summed E-state index contributed by atoms with van der Waals surface area (Å²) in [6.45, 7) is 7.90. The highest BCUT2D eigenvalue weighted by Gasteiger charge is 2.35. The second-order valence-corrected chi connectivity index (χ2v) is 13.8. The molecule has 47 heavy (non-hydrogen) atoms. The van der Waals surface area contributed by atoms with Crippen LogP contribution < -0.4 is 24.4 Å². The zero-order chi connectivity index (χ0) is 33.2. The third kappa shape index (κ3) is 6.75. The smallest absolute Gasteiger partial charge is 0.338 e. The van der Waals surface area contributed by atoms with Gasteiger partial charge in [-0.25, -0.2) is 9.79 Å². The number of benzene rings is 4. The van der Waals surface area contributed by atoms with Gasteiger partial charge in [-0.2, -0.15) is 0 Å². The number of aromatic nitrogens is 1. The van der Waals surface area contributed by atoms with Crippen LogP contribution in [-0.4, -0.2) is 23.2 Å². The van der Waals surface area contributed by atoms with Crippen LogP contribution in [0.3, 0.4) is 0 Å². The number of fused-ring (bicyclic) bond motifs is 2. The molecule has 2 heterocycles. The first-order valence-corrected chi connectivity index (χ1v) is 17.5. The summed E-state index contributed by atoms with van der Waals surface area (Å²) in [7, 11) is 0. The van der Waals surface area contributed by atoms with Crippen molar-refractivity contribution in [2.24, 2.45) is 4.99 Å². The molecular weight excluding hydrogens is 747 g/mol. The van der Waals surface area contributed by atoms with E-state index in [2.05, 4.69) is 40.8 Å². The number of hydrogen-bond acceptors (Lipinski definition) is 7. The molecule has 0 spiro atoms. The molecule has 0 amide bonds. The number of carbonyl (C=O) groups is 1. The predicted octanol–water partition coefficient (Wildman–Crippen LogP) is 7.58. The van der Waals surface area contributed by atoms with Gasteiger partial charge in [0.25, 0.3) is 5.56 Å². The minimum absolute atomic E-state index is 0.124. The van der Waals surface area contributed by atoms with E-state index < -0.39 is 12.0 Å². The number of rotatable bonds is 9. The summed E-state index contributed by atoms with van der Waals surface area (Å²) >= 11 is 9.99. The van der Waals surface area contributed by atoms with E-state index in [0.29, 0.717) is 54.9 Å². The quantitative estimate of drug-likeness (QED) is 0.114. The molecule has 10 heteroatoms. The molecule has 1 atom stereocenters. The predicted molar refractivity (Wildman–Crippen MR) is 195 cm³/mol. The SMILES string of the molecule is CCOC(=O)C1=C(C)N=c2s/c(=C\c3cc(Cl)cc(I)c3OCc3cccc4ccccc34)c(=O)n2[C@H]1c1ccccc1OC(C)C. The van der Waals surface area contributed by atoms with Gasteiger partial charge < -0.3 is 14.2 Å². The van der Waals surface area contributed by atoms with Crippen LogP contribution in [0.4, 0.5) is 0 Å². The van der Waals surface area contributed by atoms with E-state index in [9.17, 15) is 9.59 Å². The van der Waals surface area contributed by atoms with Crippen LogP contribution in [0, 0.1) is 3.57 Å². The van der Waals surface area contributed by atoms with Crippen LogP contribution in [-0.2, 0) is 16.1 Å². The van der Waals surface area contributed by atoms with Crippen molar-refractivity contribution in [3.8, 4) is 11.5 Å². The number of para-hydroxylation sites is 1. The van der Waals surface area contributed by atoms with Crippen LogP contribution in [0.5, 0.6) is 11.5 Å². The van der Waals surface area contributed by atoms with Gasteiger partial charge in [-0.15, -0.1) is 0 Å². The summed E-state index contributed by atoms with van der Waals surface area (Å²) in [5, 5.41) is 2.76. The van der Waals surface area contributed by atoms with Crippen molar-refractivity contribution in [1.82, 2.24) is 4.57 Å². The number of esters is 1. The van der Waals surface area contributed by atoms with Crippen LogP contribution in [0.2, 0.25) is 5.02 Å². The van der Waals surface area contributed by atoms with Crippen LogP contribution in [0.15, 0.2) is 99.9 Å². The largest absolute Gasteiger partial charge is 0.491 e. The van der Waals surface area contributed by atoms with Gasteiger partial charge in [-0.3, -0.25) is 9.36 Å². The lowest BCUT2D eigenvalue weighted by molar-refractivity contribution is -0.139. The highest BCUT2D eigenvalue weighted by atomic mass is 127. The first-order valence-electron chi connectivity index (χ1n) is 15.2. The monoisotopic (exact) mass is 778 g/mol.